The minimum atomic E-state index is -4.26. The van der Waals surface area contributed by atoms with Gasteiger partial charge in [0.1, 0.15) is 0 Å². The van der Waals surface area contributed by atoms with E-state index in [9.17, 15) is 18.0 Å². The average molecular weight is 300 g/mol. The van der Waals surface area contributed by atoms with E-state index in [1.54, 1.807) is 0 Å². The second-order valence-electron chi connectivity index (χ2n) is 4.20. The zero-order valence-corrected chi connectivity index (χ0v) is 11.3. The van der Waals surface area contributed by atoms with Gasteiger partial charge in [-0.05, 0) is 24.6 Å². The van der Waals surface area contributed by atoms with Crippen molar-refractivity contribution in [2.24, 2.45) is 11.1 Å². The molecule has 1 saturated carbocycles. The summed E-state index contributed by atoms with van der Waals surface area (Å²) in [5.74, 6) is -0.543. The summed E-state index contributed by atoms with van der Waals surface area (Å²) in [5.41, 5.74) is 0.479. The lowest BCUT2D eigenvalue weighted by molar-refractivity contribution is -0.127. The van der Waals surface area contributed by atoms with E-state index in [0.717, 1.165) is 12.8 Å². The molecule has 0 heterocycles. The lowest BCUT2D eigenvalue weighted by atomic mass is 9.85. The first-order valence-electron chi connectivity index (χ1n) is 5.57. The van der Waals surface area contributed by atoms with Crippen molar-refractivity contribution in [3.05, 3.63) is 0 Å². The Kier molecular flexibility index (Phi) is 5.27. The zero-order valence-electron chi connectivity index (χ0n) is 9.68. The highest BCUT2D eigenvalue weighted by atomic mass is 32.2. The maximum atomic E-state index is 12.0. The van der Waals surface area contributed by atoms with Gasteiger partial charge in [0, 0.05) is 12.3 Å². The highest BCUT2D eigenvalue weighted by molar-refractivity contribution is 8.00. The Hall–Kier alpha value is -0.500. The zero-order chi connectivity index (χ0) is 13.8. The molecule has 0 unspecified atom stereocenters. The third-order valence-electron chi connectivity index (χ3n) is 3.02. The molecule has 1 fully saturated rings. The molecule has 1 rings (SSSR count). The Morgan fingerprint density at radius 2 is 1.94 bits per heavy atom. The van der Waals surface area contributed by atoms with Crippen molar-refractivity contribution in [2.75, 3.05) is 12.3 Å². The molecular formula is C10H15F3N2OS2. The number of alkyl halides is 3. The summed E-state index contributed by atoms with van der Waals surface area (Å²) in [6.07, 6.45) is 2.89. The molecule has 1 aliphatic carbocycles. The summed E-state index contributed by atoms with van der Waals surface area (Å²) < 4.78 is 35.7. The summed E-state index contributed by atoms with van der Waals surface area (Å²) in [7, 11) is 0. The van der Waals surface area contributed by atoms with Gasteiger partial charge in [0.25, 0.3) is 0 Å². The Labute approximate surface area is 113 Å². The second-order valence-corrected chi connectivity index (χ2v) is 5.80. The molecular weight excluding hydrogens is 285 g/mol. The van der Waals surface area contributed by atoms with Crippen LogP contribution in [0.1, 0.15) is 25.7 Å². The summed E-state index contributed by atoms with van der Waals surface area (Å²) in [6.45, 7) is -0.0344. The first-order valence-corrected chi connectivity index (χ1v) is 6.96. The van der Waals surface area contributed by atoms with E-state index in [0.29, 0.717) is 12.8 Å². The monoisotopic (exact) mass is 300 g/mol. The van der Waals surface area contributed by atoms with Crippen LogP contribution < -0.4 is 11.1 Å². The van der Waals surface area contributed by atoms with Crippen molar-refractivity contribution >= 4 is 34.9 Å². The summed E-state index contributed by atoms with van der Waals surface area (Å²) in [5, 5.41) is 2.49. The Morgan fingerprint density at radius 3 is 2.39 bits per heavy atom. The van der Waals surface area contributed by atoms with Crippen molar-refractivity contribution in [2.45, 2.75) is 31.2 Å². The van der Waals surface area contributed by atoms with Crippen molar-refractivity contribution in [3.8, 4) is 0 Å². The van der Waals surface area contributed by atoms with Gasteiger partial charge in [-0.15, -0.1) is 0 Å². The largest absolute Gasteiger partial charge is 0.441 e. The quantitative estimate of drug-likeness (QED) is 0.604. The van der Waals surface area contributed by atoms with Gasteiger partial charge >= 0.3 is 5.51 Å². The number of carbonyl (C=O) groups is 1. The Bertz CT molecular complexity index is 328. The molecule has 3 nitrogen and oxygen atoms in total. The predicted octanol–water partition coefficient (Wildman–Crippen LogP) is 2.20. The minimum absolute atomic E-state index is 0.0344. The van der Waals surface area contributed by atoms with E-state index in [-0.39, 0.29) is 35.0 Å². The molecule has 104 valence electrons. The smallest absolute Gasteiger partial charge is 0.392 e. The third kappa shape index (κ3) is 4.01. The highest BCUT2D eigenvalue weighted by Gasteiger charge is 2.43. The third-order valence-corrected chi connectivity index (χ3v) is 4.14. The summed E-state index contributed by atoms with van der Waals surface area (Å²) in [4.78, 5) is 12.1. The lowest BCUT2D eigenvalue weighted by Crippen LogP contribution is -2.47. The molecule has 1 aliphatic rings. The highest BCUT2D eigenvalue weighted by Crippen LogP contribution is 2.38. The Morgan fingerprint density at radius 1 is 1.39 bits per heavy atom. The number of amides is 1. The number of carbonyl (C=O) groups excluding carboxylic acids is 1. The molecule has 0 spiro atoms. The van der Waals surface area contributed by atoms with Crippen LogP contribution in [0, 0.1) is 5.41 Å². The van der Waals surface area contributed by atoms with E-state index in [1.807, 2.05) is 0 Å². The fourth-order valence-corrected chi connectivity index (χ4v) is 2.80. The van der Waals surface area contributed by atoms with Gasteiger partial charge in [0.2, 0.25) is 5.91 Å². The molecule has 0 saturated heterocycles. The molecule has 8 heteroatoms. The van der Waals surface area contributed by atoms with Crippen LogP contribution >= 0.6 is 24.0 Å². The maximum Gasteiger partial charge on any atom is 0.441 e. The number of nitrogens with two attached hydrogens (primary N) is 1. The van der Waals surface area contributed by atoms with Gasteiger partial charge in [-0.25, -0.2) is 0 Å². The lowest BCUT2D eigenvalue weighted by Gasteiger charge is -2.26. The molecule has 0 aromatic rings. The summed E-state index contributed by atoms with van der Waals surface area (Å²) in [6, 6.07) is 0. The van der Waals surface area contributed by atoms with Gasteiger partial charge < -0.3 is 11.1 Å². The van der Waals surface area contributed by atoms with Crippen LogP contribution in [0.25, 0.3) is 0 Å². The minimum Gasteiger partial charge on any atom is -0.392 e. The number of hydrogen-bond donors (Lipinski definition) is 2. The fraction of sp³-hybridized carbons (Fsp3) is 0.800. The molecule has 0 atom stereocenters. The van der Waals surface area contributed by atoms with Crippen molar-refractivity contribution < 1.29 is 18.0 Å². The maximum absolute atomic E-state index is 12.0. The van der Waals surface area contributed by atoms with Crippen LogP contribution in [0.15, 0.2) is 0 Å². The summed E-state index contributed by atoms with van der Waals surface area (Å²) >= 11 is 4.76. The van der Waals surface area contributed by atoms with Crippen LogP contribution in [0.2, 0.25) is 0 Å². The number of thioether (sulfide) groups is 1. The predicted molar refractivity (Wildman–Crippen MR) is 69.2 cm³/mol. The standard InChI is InChI=1S/C10H15F3N2OS2/c11-10(12,13)18-6-5-15-8(16)9(7(14)17)3-1-2-4-9/h1-6H2,(H2,14,17)(H,15,16). The molecule has 0 aromatic heterocycles. The van der Waals surface area contributed by atoms with E-state index in [2.05, 4.69) is 5.32 Å². The Balaban J connectivity index is 2.42. The van der Waals surface area contributed by atoms with E-state index in [1.165, 1.54) is 0 Å². The van der Waals surface area contributed by atoms with Gasteiger partial charge in [0.15, 0.2) is 0 Å². The van der Waals surface area contributed by atoms with Crippen LogP contribution in [-0.2, 0) is 4.79 Å². The first kappa shape index (κ1) is 15.6. The molecule has 0 bridgehead atoms. The number of halogens is 3. The van der Waals surface area contributed by atoms with Crippen LogP contribution in [0.5, 0.6) is 0 Å². The van der Waals surface area contributed by atoms with Crippen LogP contribution in [-0.4, -0.2) is 28.7 Å². The van der Waals surface area contributed by atoms with E-state index >= 15 is 0 Å². The van der Waals surface area contributed by atoms with Crippen LogP contribution in [0.4, 0.5) is 13.2 Å². The number of thiocarbonyl (C=S) groups is 1. The number of rotatable bonds is 5. The van der Waals surface area contributed by atoms with Gasteiger partial charge in [0.05, 0.1) is 10.4 Å². The average Bonchev–Trinajstić information content (AvgIpc) is 2.72. The van der Waals surface area contributed by atoms with Crippen molar-refractivity contribution in [1.29, 1.82) is 0 Å². The molecule has 0 aliphatic heterocycles. The van der Waals surface area contributed by atoms with Crippen molar-refractivity contribution in [3.63, 3.8) is 0 Å². The van der Waals surface area contributed by atoms with Crippen LogP contribution in [0.3, 0.4) is 0 Å². The topological polar surface area (TPSA) is 55.1 Å². The second kappa shape index (κ2) is 6.10. The first-order chi connectivity index (χ1) is 8.28. The van der Waals surface area contributed by atoms with Gasteiger partial charge in [-0.1, -0.05) is 25.1 Å². The molecule has 1 amide bonds. The number of hydrogen-bond acceptors (Lipinski definition) is 3. The molecule has 18 heavy (non-hydrogen) atoms. The molecule has 0 aromatic carbocycles. The van der Waals surface area contributed by atoms with E-state index < -0.39 is 10.9 Å². The molecule has 3 N–H and O–H groups in total. The number of nitrogens with one attached hydrogen (secondary N) is 1. The van der Waals surface area contributed by atoms with Gasteiger partial charge in [-0.3, -0.25) is 4.79 Å². The van der Waals surface area contributed by atoms with Crippen molar-refractivity contribution in [1.82, 2.24) is 5.32 Å². The van der Waals surface area contributed by atoms with Gasteiger partial charge in [-0.2, -0.15) is 13.2 Å². The normalized spacial score (nSPS) is 18.6. The fourth-order valence-electron chi connectivity index (χ4n) is 2.06. The van der Waals surface area contributed by atoms with E-state index in [4.69, 9.17) is 18.0 Å². The molecule has 0 radical (unpaired) electrons. The SMILES string of the molecule is NC(=S)C1(C(=O)NCCSC(F)(F)F)CCCC1.